The minimum atomic E-state index is 0.110. The summed E-state index contributed by atoms with van der Waals surface area (Å²) in [6.07, 6.45) is 2.16. The Bertz CT molecular complexity index is 208. The lowest BCUT2D eigenvalue weighted by Gasteiger charge is -2.30. The van der Waals surface area contributed by atoms with Crippen LogP contribution < -0.4 is 5.32 Å². The Morgan fingerprint density at radius 1 is 1.50 bits per heavy atom. The maximum Gasteiger partial charge on any atom is 0.237 e. The molecule has 1 fully saturated rings. The standard InChI is InChI=1S/C11H22N2O/c1-11(2,3)8-13-7-5-6-9(13)10(14)12-4/h9H,5-8H2,1-4H3,(H,12,14). The molecule has 1 heterocycles. The molecule has 0 saturated carbocycles. The highest BCUT2D eigenvalue weighted by Crippen LogP contribution is 2.23. The number of nitrogens with zero attached hydrogens (tertiary/aromatic N) is 1. The highest BCUT2D eigenvalue weighted by atomic mass is 16.2. The number of carbonyl (C=O) groups is 1. The van der Waals surface area contributed by atoms with Crippen molar-refractivity contribution in [3.8, 4) is 0 Å². The molecule has 1 rings (SSSR count). The van der Waals surface area contributed by atoms with Crippen molar-refractivity contribution >= 4 is 5.91 Å². The van der Waals surface area contributed by atoms with Crippen LogP contribution in [0.3, 0.4) is 0 Å². The van der Waals surface area contributed by atoms with Crippen LogP contribution in [0.4, 0.5) is 0 Å². The molecule has 82 valence electrons. The minimum Gasteiger partial charge on any atom is -0.358 e. The van der Waals surface area contributed by atoms with Crippen LogP contribution in [-0.2, 0) is 4.79 Å². The van der Waals surface area contributed by atoms with E-state index in [0.29, 0.717) is 0 Å². The summed E-state index contributed by atoms with van der Waals surface area (Å²) in [5, 5.41) is 2.74. The molecule has 3 nitrogen and oxygen atoms in total. The Morgan fingerprint density at radius 2 is 2.14 bits per heavy atom. The summed E-state index contributed by atoms with van der Waals surface area (Å²) < 4.78 is 0. The number of amides is 1. The summed E-state index contributed by atoms with van der Waals surface area (Å²) in [5.74, 6) is 0.173. The SMILES string of the molecule is CNC(=O)C1CCCN1CC(C)(C)C. The monoisotopic (exact) mass is 198 g/mol. The van der Waals surface area contributed by atoms with E-state index in [4.69, 9.17) is 0 Å². The van der Waals surface area contributed by atoms with E-state index in [1.165, 1.54) is 0 Å². The zero-order valence-electron chi connectivity index (χ0n) is 9.76. The van der Waals surface area contributed by atoms with Crippen molar-refractivity contribution in [1.82, 2.24) is 10.2 Å². The molecule has 1 unspecified atom stereocenters. The van der Waals surface area contributed by atoms with Gasteiger partial charge in [-0.25, -0.2) is 0 Å². The van der Waals surface area contributed by atoms with Crippen molar-refractivity contribution in [3.63, 3.8) is 0 Å². The third-order valence-electron chi connectivity index (χ3n) is 2.59. The lowest BCUT2D eigenvalue weighted by molar-refractivity contribution is -0.125. The Morgan fingerprint density at radius 3 is 2.64 bits per heavy atom. The third-order valence-corrected chi connectivity index (χ3v) is 2.59. The fourth-order valence-electron chi connectivity index (χ4n) is 2.09. The van der Waals surface area contributed by atoms with E-state index in [9.17, 15) is 4.79 Å². The van der Waals surface area contributed by atoms with Gasteiger partial charge in [-0.1, -0.05) is 20.8 Å². The largest absolute Gasteiger partial charge is 0.358 e. The van der Waals surface area contributed by atoms with Crippen molar-refractivity contribution in [1.29, 1.82) is 0 Å². The summed E-state index contributed by atoms with van der Waals surface area (Å²) in [5.41, 5.74) is 0.274. The van der Waals surface area contributed by atoms with Gasteiger partial charge in [-0.15, -0.1) is 0 Å². The molecule has 0 spiro atoms. The Labute approximate surface area is 86.9 Å². The number of likely N-dealkylation sites (tertiary alicyclic amines) is 1. The first-order chi connectivity index (χ1) is 6.44. The van der Waals surface area contributed by atoms with Crippen LogP contribution in [0.2, 0.25) is 0 Å². The lowest BCUT2D eigenvalue weighted by Crippen LogP contribution is -2.44. The fourth-order valence-corrected chi connectivity index (χ4v) is 2.09. The first-order valence-electron chi connectivity index (χ1n) is 5.40. The fraction of sp³-hybridized carbons (Fsp3) is 0.909. The number of hydrogen-bond donors (Lipinski definition) is 1. The van der Waals surface area contributed by atoms with Gasteiger partial charge in [-0.3, -0.25) is 9.69 Å². The van der Waals surface area contributed by atoms with Crippen LogP contribution in [0.5, 0.6) is 0 Å². The van der Waals surface area contributed by atoms with E-state index in [1.54, 1.807) is 7.05 Å². The van der Waals surface area contributed by atoms with Crippen LogP contribution >= 0.6 is 0 Å². The molecule has 0 aliphatic carbocycles. The van der Waals surface area contributed by atoms with Crippen LogP contribution in [0.1, 0.15) is 33.6 Å². The van der Waals surface area contributed by atoms with E-state index < -0.39 is 0 Å². The number of rotatable bonds is 2. The zero-order valence-corrected chi connectivity index (χ0v) is 9.76. The number of likely N-dealkylation sites (N-methyl/N-ethyl adjacent to an activating group) is 1. The predicted octanol–water partition coefficient (Wildman–Crippen LogP) is 1.24. The summed E-state index contributed by atoms with van der Waals surface area (Å²) in [6.45, 7) is 8.71. The second-order valence-corrected chi connectivity index (χ2v) is 5.30. The molecule has 0 aromatic heterocycles. The third kappa shape index (κ3) is 2.98. The lowest BCUT2D eigenvalue weighted by atomic mass is 9.95. The molecule has 1 N–H and O–H groups in total. The van der Waals surface area contributed by atoms with Crippen LogP contribution in [0, 0.1) is 5.41 Å². The smallest absolute Gasteiger partial charge is 0.237 e. The molecule has 14 heavy (non-hydrogen) atoms. The van der Waals surface area contributed by atoms with E-state index in [0.717, 1.165) is 25.9 Å². The average molecular weight is 198 g/mol. The van der Waals surface area contributed by atoms with Crippen LogP contribution in [-0.4, -0.2) is 37.0 Å². The molecule has 1 saturated heterocycles. The number of carbonyl (C=O) groups excluding carboxylic acids is 1. The predicted molar refractivity (Wildman–Crippen MR) is 58.1 cm³/mol. The Hall–Kier alpha value is -0.570. The van der Waals surface area contributed by atoms with Gasteiger partial charge in [0.05, 0.1) is 6.04 Å². The summed E-state index contributed by atoms with van der Waals surface area (Å²) >= 11 is 0. The van der Waals surface area contributed by atoms with Crippen molar-refractivity contribution < 1.29 is 4.79 Å². The first-order valence-corrected chi connectivity index (χ1v) is 5.40. The topological polar surface area (TPSA) is 32.3 Å². The number of nitrogens with one attached hydrogen (secondary N) is 1. The van der Waals surface area contributed by atoms with Gasteiger partial charge in [0.25, 0.3) is 0 Å². The normalized spacial score (nSPS) is 23.9. The summed E-state index contributed by atoms with van der Waals surface area (Å²) in [7, 11) is 1.72. The molecule has 0 radical (unpaired) electrons. The number of hydrogen-bond acceptors (Lipinski definition) is 2. The molecule has 0 aromatic carbocycles. The van der Waals surface area contributed by atoms with Gasteiger partial charge in [0, 0.05) is 13.6 Å². The molecule has 3 heteroatoms. The van der Waals surface area contributed by atoms with Gasteiger partial charge in [0.2, 0.25) is 5.91 Å². The minimum absolute atomic E-state index is 0.110. The van der Waals surface area contributed by atoms with Crippen molar-refractivity contribution in [2.75, 3.05) is 20.1 Å². The second-order valence-electron chi connectivity index (χ2n) is 5.30. The average Bonchev–Trinajstić information content (AvgIpc) is 2.48. The quantitative estimate of drug-likeness (QED) is 0.724. The van der Waals surface area contributed by atoms with E-state index in [-0.39, 0.29) is 17.4 Å². The highest BCUT2D eigenvalue weighted by Gasteiger charge is 2.32. The van der Waals surface area contributed by atoms with Crippen LogP contribution in [0.15, 0.2) is 0 Å². The van der Waals surface area contributed by atoms with E-state index in [1.807, 2.05) is 0 Å². The van der Waals surface area contributed by atoms with Gasteiger partial charge >= 0.3 is 0 Å². The molecule has 1 amide bonds. The van der Waals surface area contributed by atoms with Crippen molar-refractivity contribution in [2.24, 2.45) is 5.41 Å². The van der Waals surface area contributed by atoms with E-state index in [2.05, 4.69) is 31.0 Å². The zero-order chi connectivity index (χ0) is 10.8. The van der Waals surface area contributed by atoms with Crippen molar-refractivity contribution in [3.05, 3.63) is 0 Å². The maximum absolute atomic E-state index is 11.6. The van der Waals surface area contributed by atoms with Gasteiger partial charge < -0.3 is 5.32 Å². The second kappa shape index (κ2) is 4.30. The Kier molecular flexibility index (Phi) is 3.53. The molecule has 1 atom stereocenters. The van der Waals surface area contributed by atoms with Gasteiger partial charge in [0.15, 0.2) is 0 Å². The van der Waals surface area contributed by atoms with Gasteiger partial charge in [0.1, 0.15) is 0 Å². The van der Waals surface area contributed by atoms with E-state index >= 15 is 0 Å². The summed E-state index contributed by atoms with van der Waals surface area (Å²) in [6, 6.07) is 0.110. The van der Waals surface area contributed by atoms with Crippen molar-refractivity contribution in [2.45, 2.75) is 39.7 Å². The molecule has 0 aromatic rings. The molecular formula is C11H22N2O. The maximum atomic E-state index is 11.6. The highest BCUT2D eigenvalue weighted by molar-refractivity contribution is 5.81. The molecule has 0 bridgehead atoms. The van der Waals surface area contributed by atoms with Gasteiger partial charge in [-0.05, 0) is 24.8 Å². The first kappa shape index (κ1) is 11.5. The molecule has 1 aliphatic rings. The van der Waals surface area contributed by atoms with Crippen LogP contribution in [0.25, 0.3) is 0 Å². The van der Waals surface area contributed by atoms with Gasteiger partial charge in [-0.2, -0.15) is 0 Å². The molecule has 1 aliphatic heterocycles. The summed E-state index contributed by atoms with van der Waals surface area (Å²) in [4.78, 5) is 13.9. The Balaban J connectivity index is 2.56. The molecular weight excluding hydrogens is 176 g/mol.